The fourth-order valence-corrected chi connectivity index (χ4v) is 2.83. The smallest absolute Gasteiger partial charge is 0.191 e. The van der Waals surface area contributed by atoms with Crippen LogP contribution in [0.4, 0.5) is 0 Å². The quantitative estimate of drug-likeness (QED) is 0.755. The Hall–Kier alpha value is 0.137. The SMILES string of the molecule is CC(C)(C)[Si](C)(C)OCC1CCC(O)C1. The van der Waals surface area contributed by atoms with Gasteiger partial charge in [-0.05, 0) is 43.3 Å². The predicted molar refractivity (Wildman–Crippen MR) is 66.5 cm³/mol. The summed E-state index contributed by atoms with van der Waals surface area (Å²) < 4.78 is 6.15. The molecule has 2 nitrogen and oxygen atoms in total. The number of rotatable bonds is 3. The van der Waals surface area contributed by atoms with E-state index in [2.05, 4.69) is 33.9 Å². The van der Waals surface area contributed by atoms with E-state index in [1.54, 1.807) is 0 Å². The molecular formula is C12H26O2Si. The summed E-state index contributed by atoms with van der Waals surface area (Å²) in [6, 6.07) is 0. The fourth-order valence-electron chi connectivity index (χ4n) is 1.74. The van der Waals surface area contributed by atoms with Crippen LogP contribution in [0.15, 0.2) is 0 Å². The third kappa shape index (κ3) is 3.57. The zero-order chi connectivity index (χ0) is 11.7. The van der Waals surface area contributed by atoms with Gasteiger partial charge in [-0.25, -0.2) is 0 Å². The number of aliphatic hydroxyl groups is 1. The Labute approximate surface area is 95.2 Å². The Morgan fingerprint density at radius 1 is 1.27 bits per heavy atom. The normalized spacial score (nSPS) is 28.4. The molecule has 15 heavy (non-hydrogen) atoms. The minimum absolute atomic E-state index is 0.0713. The molecule has 1 saturated carbocycles. The molecule has 3 heteroatoms. The topological polar surface area (TPSA) is 29.5 Å². The van der Waals surface area contributed by atoms with Gasteiger partial charge in [-0.3, -0.25) is 0 Å². The van der Waals surface area contributed by atoms with E-state index in [9.17, 15) is 5.11 Å². The first kappa shape index (κ1) is 13.2. The zero-order valence-corrected chi connectivity index (χ0v) is 11.8. The predicted octanol–water partition coefficient (Wildman–Crippen LogP) is 3.17. The molecule has 0 aliphatic heterocycles. The maximum Gasteiger partial charge on any atom is 0.191 e. The Morgan fingerprint density at radius 2 is 1.87 bits per heavy atom. The second-order valence-electron chi connectivity index (χ2n) is 6.40. The first-order valence-corrected chi connectivity index (χ1v) is 8.95. The summed E-state index contributed by atoms with van der Waals surface area (Å²) in [5.41, 5.74) is 0. The van der Waals surface area contributed by atoms with E-state index in [1.165, 1.54) is 0 Å². The van der Waals surface area contributed by atoms with Gasteiger partial charge in [0.1, 0.15) is 0 Å². The summed E-state index contributed by atoms with van der Waals surface area (Å²) >= 11 is 0. The molecule has 0 spiro atoms. The van der Waals surface area contributed by atoms with E-state index in [-0.39, 0.29) is 6.10 Å². The molecule has 1 aliphatic carbocycles. The van der Waals surface area contributed by atoms with E-state index >= 15 is 0 Å². The Kier molecular flexibility index (Phi) is 4.01. The van der Waals surface area contributed by atoms with Gasteiger partial charge in [0.2, 0.25) is 0 Å². The third-order valence-corrected chi connectivity index (χ3v) is 8.50. The van der Waals surface area contributed by atoms with Crippen LogP contribution in [0.5, 0.6) is 0 Å². The molecule has 1 aliphatic rings. The molecule has 0 aromatic carbocycles. The molecule has 0 radical (unpaired) electrons. The molecule has 0 saturated heterocycles. The molecule has 0 heterocycles. The summed E-state index contributed by atoms with van der Waals surface area (Å²) in [6.45, 7) is 12.2. The molecule has 0 aromatic rings. The zero-order valence-electron chi connectivity index (χ0n) is 10.8. The minimum atomic E-state index is -1.58. The van der Waals surface area contributed by atoms with E-state index in [0.717, 1.165) is 25.9 Å². The maximum absolute atomic E-state index is 9.44. The van der Waals surface area contributed by atoms with Gasteiger partial charge in [-0.2, -0.15) is 0 Å². The van der Waals surface area contributed by atoms with Crippen molar-refractivity contribution in [2.24, 2.45) is 5.92 Å². The Bertz CT molecular complexity index is 208. The lowest BCUT2D eigenvalue weighted by Crippen LogP contribution is -2.41. The average Bonchev–Trinajstić information content (AvgIpc) is 2.46. The highest BCUT2D eigenvalue weighted by molar-refractivity contribution is 6.74. The molecule has 0 amide bonds. The lowest BCUT2D eigenvalue weighted by molar-refractivity contribution is 0.164. The van der Waals surface area contributed by atoms with Gasteiger partial charge in [-0.15, -0.1) is 0 Å². The van der Waals surface area contributed by atoms with Crippen molar-refractivity contribution in [1.82, 2.24) is 0 Å². The average molecular weight is 230 g/mol. The number of aliphatic hydroxyl groups excluding tert-OH is 1. The van der Waals surface area contributed by atoms with Crippen molar-refractivity contribution in [3.05, 3.63) is 0 Å². The second-order valence-corrected chi connectivity index (χ2v) is 11.2. The molecule has 2 unspecified atom stereocenters. The van der Waals surface area contributed by atoms with Gasteiger partial charge < -0.3 is 9.53 Å². The molecule has 0 aromatic heterocycles. The molecule has 90 valence electrons. The monoisotopic (exact) mass is 230 g/mol. The van der Waals surface area contributed by atoms with Crippen LogP contribution in [0.3, 0.4) is 0 Å². The molecule has 1 rings (SSSR count). The van der Waals surface area contributed by atoms with Gasteiger partial charge >= 0.3 is 0 Å². The van der Waals surface area contributed by atoms with Crippen LogP contribution in [0.25, 0.3) is 0 Å². The van der Waals surface area contributed by atoms with Crippen LogP contribution in [0.1, 0.15) is 40.0 Å². The lowest BCUT2D eigenvalue weighted by Gasteiger charge is -2.37. The van der Waals surface area contributed by atoms with Crippen LogP contribution in [0.2, 0.25) is 18.1 Å². The standard InChI is InChI=1S/C12H26O2Si/c1-12(2,3)15(4,5)14-9-10-6-7-11(13)8-10/h10-11,13H,6-9H2,1-5H3. The summed E-state index contributed by atoms with van der Waals surface area (Å²) in [6.07, 6.45) is 2.97. The van der Waals surface area contributed by atoms with Crippen LogP contribution >= 0.6 is 0 Å². The van der Waals surface area contributed by atoms with Crippen LogP contribution in [0, 0.1) is 5.92 Å². The van der Waals surface area contributed by atoms with Crippen molar-refractivity contribution in [2.75, 3.05) is 6.61 Å². The van der Waals surface area contributed by atoms with Crippen molar-refractivity contribution < 1.29 is 9.53 Å². The molecular weight excluding hydrogens is 204 g/mol. The molecule has 1 fully saturated rings. The summed E-state index contributed by atoms with van der Waals surface area (Å²) in [4.78, 5) is 0. The minimum Gasteiger partial charge on any atom is -0.417 e. The van der Waals surface area contributed by atoms with Crippen molar-refractivity contribution >= 4 is 8.32 Å². The van der Waals surface area contributed by atoms with Crippen LogP contribution in [-0.2, 0) is 4.43 Å². The fraction of sp³-hybridized carbons (Fsp3) is 1.00. The summed E-state index contributed by atoms with van der Waals surface area (Å²) in [5, 5.41) is 9.74. The first-order valence-electron chi connectivity index (χ1n) is 6.04. The van der Waals surface area contributed by atoms with E-state index in [1.807, 2.05) is 0 Å². The van der Waals surface area contributed by atoms with Gasteiger partial charge in [0.25, 0.3) is 0 Å². The van der Waals surface area contributed by atoms with E-state index in [0.29, 0.717) is 11.0 Å². The van der Waals surface area contributed by atoms with Crippen LogP contribution < -0.4 is 0 Å². The van der Waals surface area contributed by atoms with E-state index < -0.39 is 8.32 Å². The van der Waals surface area contributed by atoms with Gasteiger partial charge in [0, 0.05) is 6.61 Å². The summed E-state index contributed by atoms with van der Waals surface area (Å²) in [7, 11) is -1.58. The highest BCUT2D eigenvalue weighted by Crippen LogP contribution is 2.37. The Morgan fingerprint density at radius 3 is 2.27 bits per heavy atom. The van der Waals surface area contributed by atoms with E-state index in [4.69, 9.17) is 4.43 Å². The van der Waals surface area contributed by atoms with Crippen molar-refractivity contribution in [3.63, 3.8) is 0 Å². The molecule has 0 bridgehead atoms. The highest BCUT2D eigenvalue weighted by atomic mass is 28.4. The number of hydrogen-bond donors (Lipinski definition) is 1. The largest absolute Gasteiger partial charge is 0.417 e. The van der Waals surface area contributed by atoms with Crippen LogP contribution in [-0.4, -0.2) is 26.1 Å². The summed E-state index contributed by atoms with van der Waals surface area (Å²) in [5.74, 6) is 0.592. The lowest BCUT2D eigenvalue weighted by atomic mass is 10.1. The molecule has 2 atom stereocenters. The third-order valence-electron chi connectivity index (χ3n) is 4.00. The second kappa shape index (κ2) is 4.56. The van der Waals surface area contributed by atoms with Gasteiger partial charge in [-0.1, -0.05) is 20.8 Å². The molecule has 1 N–H and O–H groups in total. The van der Waals surface area contributed by atoms with Gasteiger partial charge in [0.15, 0.2) is 8.32 Å². The van der Waals surface area contributed by atoms with Crippen molar-refractivity contribution in [2.45, 2.75) is 64.3 Å². The number of hydrogen-bond acceptors (Lipinski definition) is 2. The van der Waals surface area contributed by atoms with Crippen molar-refractivity contribution in [3.8, 4) is 0 Å². The van der Waals surface area contributed by atoms with Gasteiger partial charge in [0.05, 0.1) is 6.10 Å². The maximum atomic E-state index is 9.44. The highest BCUT2D eigenvalue weighted by Gasteiger charge is 2.38. The Balaban J connectivity index is 2.36. The first-order chi connectivity index (χ1) is 6.72. The van der Waals surface area contributed by atoms with Crippen molar-refractivity contribution in [1.29, 1.82) is 0 Å².